The lowest BCUT2D eigenvalue weighted by Gasteiger charge is -2.15. The Hall–Kier alpha value is -1.65. The van der Waals surface area contributed by atoms with Crippen LogP contribution in [-0.4, -0.2) is 11.0 Å². The summed E-state index contributed by atoms with van der Waals surface area (Å²) in [5.74, 6) is 0.130. The van der Waals surface area contributed by atoms with Crippen molar-refractivity contribution in [3.8, 4) is 0 Å². The van der Waals surface area contributed by atoms with Crippen molar-refractivity contribution in [2.24, 2.45) is 5.92 Å². The molecule has 0 saturated heterocycles. The van der Waals surface area contributed by atoms with E-state index >= 15 is 0 Å². The van der Waals surface area contributed by atoms with Crippen LogP contribution >= 0.6 is 0 Å². The molecule has 4 nitrogen and oxygen atoms in total. The summed E-state index contributed by atoms with van der Waals surface area (Å²) in [4.78, 5) is 10.2. The summed E-state index contributed by atoms with van der Waals surface area (Å²) in [7, 11) is 0. The first kappa shape index (κ1) is 11.8. The van der Waals surface area contributed by atoms with Gasteiger partial charge >= 0.3 is 0 Å². The molecule has 0 aliphatic heterocycles. The summed E-state index contributed by atoms with van der Waals surface area (Å²) in [6, 6.07) is 3.96. The van der Waals surface area contributed by atoms with Crippen LogP contribution in [0, 0.1) is 21.8 Å². The van der Waals surface area contributed by atoms with Crippen molar-refractivity contribution in [1.29, 1.82) is 0 Å². The second-order valence-corrected chi connectivity index (χ2v) is 4.62. The predicted octanol–water partition coefficient (Wildman–Crippen LogP) is 3.33. The second-order valence-electron chi connectivity index (χ2n) is 4.62. The van der Waals surface area contributed by atoms with Crippen molar-refractivity contribution in [3.63, 3.8) is 0 Å². The van der Waals surface area contributed by atoms with Crippen LogP contribution in [0.1, 0.15) is 26.2 Å². The predicted molar refractivity (Wildman–Crippen MR) is 63.5 cm³/mol. The molecule has 0 radical (unpaired) electrons. The fourth-order valence-electron chi connectivity index (χ4n) is 1.97. The number of rotatable bonds is 5. The normalized spacial score (nSPS) is 16.6. The maximum atomic E-state index is 13.6. The van der Waals surface area contributed by atoms with E-state index in [2.05, 4.69) is 5.32 Å². The van der Waals surface area contributed by atoms with Crippen molar-refractivity contribution < 1.29 is 9.31 Å². The molecule has 0 amide bonds. The number of halogens is 1. The van der Waals surface area contributed by atoms with E-state index in [1.807, 2.05) is 6.92 Å². The largest absolute Gasteiger partial charge is 0.375 e. The second kappa shape index (κ2) is 4.69. The topological polar surface area (TPSA) is 55.2 Å². The molecule has 1 N–H and O–H groups in total. The van der Waals surface area contributed by atoms with Crippen molar-refractivity contribution in [1.82, 2.24) is 0 Å². The molecule has 1 atom stereocenters. The third kappa shape index (κ3) is 2.93. The number of benzene rings is 1. The highest BCUT2D eigenvalue weighted by Crippen LogP contribution is 2.35. The third-order valence-corrected chi connectivity index (χ3v) is 2.96. The van der Waals surface area contributed by atoms with Crippen LogP contribution < -0.4 is 5.32 Å². The number of hydrogen-bond donors (Lipinski definition) is 1. The van der Waals surface area contributed by atoms with Crippen LogP contribution in [0.2, 0.25) is 0 Å². The Morgan fingerprint density at radius 1 is 1.59 bits per heavy atom. The molecule has 1 unspecified atom stereocenters. The average Bonchev–Trinajstić information content (AvgIpc) is 3.04. The number of nitrogens with zero attached hydrogens (tertiary/aromatic N) is 1. The number of anilines is 1. The molecular formula is C12H15FN2O2. The summed E-state index contributed by atoms with van der Waals surface area (Å²) in [6.45, 7) is 1.93. The van der Waals surface area contributed by atoms with Gasteiger partial charge < -0.3 is 5.32 Å². The Bertz CT molecular complexity index is 433. The van der Waals surface area contributed by atoms with Crippen LogP contribution in [0.5, 0.6) is 0 Å². The summed E-state index contributed by atoms with van der Waals surface area (Å²) < 4.78 is 13.6. The molecule has 0 aromatic heterocycles. The van der Waals surface area contributed by atoms with Crippen LogP contribution in [0.4, 0.5) is 15.8 Å². The molecule has 1 saturated carbocycles. The molecule has 0 bridgehead atoms. The average molecular weight is 238 g/mol. The van der Waals surface area contributed by atoms with Crippen molar-refractivity contribution >= 4 is 11.4 Å². The van der Waals surface area contributed by atoms with E-state index < -0.39 is 10.7 Å². The van der Waals surface area contributed by atoms with E-state index in [-0.39, 0.29) is 17.4 Å². The van der Waals surface area contributed by atoms with E-state index in [9.17, 15) is 14.5 Å². The Kier molecular flexibility index (Phi) is 3.26. The zero-order chi connectivity index (χ0) is 12.4. The highest BCUT2D eigenvalue weighted by Gasteiger charge is 2.25. The van der Waals surface area contributed by atoms with Gasteiger partial charge in [-0.3, -0.25) is 10.1 Å². The monoisotopic (exact) mass is 238 g/mol. The van der Waals surface area contributed by atoms with Gasteiger partial charge in [0.1, 0.15) is 5.69 Å². The Morgan fingerprint density at radius 2 is 2.29 bits per heavy atom. The fraction of sp³-hybridized carbons (Fsp3) is 0.500. The van der Waals surface area contributed by atoms with Crippen molar-refractivity contribution in [2.75, 3.05) is 5.32 Å². The number of nitro groups is 1. The molecule has 2 rings (SSSR count). The first-order valence-electron chi connectivity index (χ1n) is 5.77. The van der Waals surface area contributed by atoms with Crippen LogP contribution in [-0.2, 0) is 0 Å². The molecule has 5 heteroatoms. The van der Waals surface area contributed by atoms with E-state index in [1.54, 1.807) is 0 Å². The molecule has 1 aliphatic carbocycles. The Labute approximate surface area is 99.0 Å². The number of nitro benzene ring substituents is 1. The molecule has 1 aromatic carbocycles. The van der Waals surface area contributed by atoms with Gasteiger partial charge in [-0.25, -0.2) is 4.39 Å². The first-order chi connectivity index (χ1) is 8.08. The standard InChI is InChI=1S/C12H15FN2O2/c1-8(7-9-5-6-9)14-12-10(13)3-2-4-11(12)15(16)17/h2-4,8-9,14H,5-7H2,1H3. The van der Waals surface area contributed by atoms with E-state index in [1.165, 1.54) is 31.0 Å². The van der Waals surface area contributed by atoms with Gasteiger partial charge in [0, 0.05) is 12.1 Å². The summed E-state index contributed by atoms with van der Waals surface area (Å²) in [6.07, 6.45) is 3.36. The number of nitrogens with one attached hydrogen (secondary N) is 1. The van der Waals surface area contributed by atoms with Gasteiger partial charge in [0.15, 0.2) is 5.82 Å². The molecule has 1 aliphatic rings. The first-order valence-corrected chi connectivity index (χ1v) is 5.77. The van der Waals surface area contributed by atoms with Gasteiger partial charge in [0.2, 0.25) is 0 Å². The van der Waals surface area contributed by atoms with Crippen molar-refractivity contribution in [3.05, 3.63) is 34.1 Å². The highest BCUT2D eigenvalue weighted by atomic mass is 19.1. The molecule has 0 spiro atoms. The maximum Gasteiger partial charge on any atom is 0.295 e. The summed E-state index contributed by atoms with van der Waals surface area (Å²) in [5.41, 5.74) is -0.196. The molecule has 1 aromatic rings. The zero-order valence-electron chi connectivity index (χ0n) is 9.65. The van der Waals surface area contributed by atoms with Crippen LogP contribution in [0.3, 0.4) is 0 Å². The fourth-order valence-corrected chi connectivity index (χ4v) is 1.97. The van der Waals surface area contributed by atoms with Gasteiger partial charge in [-0.1, -0.05) is 18.9 Å². The SMILES string of the molecule is CC(CC1CC1)Nc1c(F)cccc1[N+](=O)[O-]. The molecule has 0 heterocycles. The zero-order valence-corrected chi connectivity index (χ0v) is 9.65. The quantitative estimate of drug-likeness (QED) is 0.632. The smallest absolute Gasteiger partial charge is 0.295 e. The summed E-state index contributed by atoms with van der Waals surface area (Å²) >= 11 is 0. The van der Waals surface area contributed by atoms with Gasteiger partial charge in [-0.05, 0) is 25.3 Å². The van der Waals surface area contributed by atoms with Gasteiger partial charge in [0.05, 0.1) is 4.92 Å². The lowest BCUT2D eigenvalue weighted by atomic mass is 10.1. The number of para-hydroxylation sites is 1. The Balaban J connectivity index is 2.14. The molecule has 17 heavy (non-hydrogen) atoms. The highest BCUT2D eigenvalue weighted by molar-refractivity contribution is 5.62. The van der Waals surface area contributed by atoms with Gasteiger partial charge in [-0.2, -0.15) is 0 Å². The van der Waals surface area contributed by atoms with E-state index in [0.717, 1.165) is 6.42 Å². The Morgan fingerprint density at radius 3 is 2.88 bits per heavy atom. The lowest BCUT2D eigenvalue weighted by molar-refractivity contribution is -0.384. The van der Waals surface area contributed by atoms with E-state index in [0.29, 0.717) is 5.92 Å². The van der Waals surface area contributed by atoms with Crippen molar-refractivity contribution in [2.45, 2.75) is 32.2 Å². The molecule has 1 fully saturated rings. The third-order valence-electron chi connectivity index (χ3n) is 2.96. The minimum Gasteiger partial charge on any atom is -0.375 e. The number of hydrogen-bond acceptors (Lipinski definition) is 3. The van der Waals surface area contributed by atoms with E-state index in [4.69, 9.17) is 0 Å². The van der Waals surface area contributed by atoms with Crippen LogP contribution in [0.25, 0.3) is 0 Å². The molecule has 92 valence electrons. The van der Waals surface area contributed by atoms with Crippen LogP contribution in [0.15, 0.2) is 18.2 Å². The van der Waals surface area contributed by atoms with Gasteiger partial charge in [0.25, 0.3) is 5.69 Å². The van der Waals surface area contributed by atoms with Gasteiger partial charge in [-0.15, -0.1) is 0 Å². The lowest BCUT2D eigenvalue weighted by Crippen LogP contribution is -2.17. The maximum absolute atomic E-state index is 13.6. The molecular weight excluding hydrogens is 223 g/mol. The minimum atomic E-state index is -0.568. The summed E-state index contributed by atoms with van der Waals surface area (Å²) in [5, 5.41) is 13.7. The minimum absolute atomic E-state index is 0.00523.